The summed E-state index contributed by atoms with van der Waals surface area (Å²) in [7, 11) is 0. The lowest BCUT2D eigenvalue weighted by Gasteiger charge is -2.40. The highest BCUT2D eigenvalue weighted by Crippen LogP contribution is 2.42. The van der Waals surface area contributed by atoms with E-state index in [1.165, 1.54) is 12.8 Å². The second-order valence-corrected chi connectivity index (χ2v) is 8.79. The van der Waals surface area contributed by atoms with Crippen molar-refractivity contribution in [3.63, 3.8) is 0 Å². The molecule has 164 valence electrons. The molecule has 1 aliphatic carbocycles. The zero-order chi connectivity index (χ0) is 21.6. The van der Waals surface area contributed by atoms with Crippen LogP contribution in [0.5, 0.6) is 0 Å². The Morgan fingerprint density at radius 1 is 1.10 bits per heavy atom. The third kappa shape index (κ3) is 3.39. The van der Waals surface area contributed by atoms with Crippen LogP contribution in [0.25, 0.3) is 0 Å². The van der Waals surface area contributed by atoms with Crippen molar-refractivity contribution >= 4 is 6.02 Å². The maximum absolute atomic E-state index is 14.1. The van der Waals surface area contributed by atoms with Crippen LogP contribution < -0.4 is 5.73 Å². The fraction of sp³-hybridized carbons (Fsp3) is 0.458. The standard InChI is InChI=1S/C24H26F3N3O/c25-19-11-16(12-20(26)21(19)27)22-18-8-4-1-5-15(18)9-10-30(22)23-29-14-24(13-28,31-23)17-6-2-3-7-17/h1,4-5,8,11-12,17,22H,2-3,6-7,9-10,13-14,28H2/t22-,24+/m0/s1. The van der Waals surface area contributed by atoms with Gasteiger partial charge in [-0.15, -0.1) is 0 Å². The first kappa shape index (κ1) is 20.4. The van der Waals surface area contributed by atoms with Crippen LogP contribution in [0.3, 0.4) is 0 Å². The molecule has 2 aromatic rings. The van der Waals surface area contributed by atoms with Gasteiger partial charge in [-0.05, 0) is 48.1 Å². The van der Waals surface area contributed by atoms with E-state index in [1.54, 1.807) is 0 Å². The second-order valence-electron chi connectivity index (χ2n) is 8.79. The molecule has 1 saturated carbocycles. The van der Waals surface area contributed by atoms with Gasteiger partial charge in [-0.1, -0.05) is 37.1 Å². The van der Waals surface area contributed by atoms with Gasteiger partial charge in [-0.2, -0.15) is 0 Å². The third-order valence-corrected chi connectivity index (χ3v) is 7.07. The van der Waals surface area contributed by atoms with Crippen molar-refractivity contribution in [3.05, 3.63) is 70.5 Å². The number of hydrogen-bond acceptors (Lipinski definition) is 4. The van der Waals surface area contributed by atoms with Crippen LogP contribution in [0.2, 0.25) is 0 Å². The highest BCUT2D eigenvalue weighted by Gasteiger charge is 2.47. The number of hydrogen-bond donors (Lipinski definition) is 1. The monoisotopic (exact) mass is 429 g/mol. The molecule has 7 heteroatoms. The van der Waals surface area contributed by atoms with Crippen molar-refractivity contribution < 1.29 is 17.9 Å². The molecule has 0 bridgehead atoms. The largest absolute Gasteiger partial charge is 0.455 e. The Morgan fingerprint density at radius 2 is 1.81 bits per heavy atom. The Balaban J connectivity index is 1.54. The van der Waals surface area contributed by atoms with Crippen molar-refractivity contribution in [3.8, 4) is 0 Å². The van der Waals surface area contributed by atoms with Gasteiger partial charge in [0.2, 0.25) is 0 Å². The molecule has 0 saturated heterocycles. The quantitative estimate of drug-likeness (QED) is 0.739. The summed E-state index contributed by atoms with van der Waals surface area (Å²) in [5.41, 5.74) is 7.98. The Labute approximate surface area is 179 Å². The predicted molar refractivity (Wildman–Crippen MR) is 112 cm³/mol. The molecule has 0 amide bonds. The molecule has 2 aliphatic heterocycles. The number of amidine groups is 1. The number of nitrogens with two attached hydrogens (primary N) is 1. The highest BCUT2D eigenvalue weighted by molar-refractivity contribution is 5.78. The van der Waals surface area contributed by atoms with Crippen LogP contribution in [-0.4, -0.2) is 36.2 Å². The molecule has 0 spiro atoms. The molecule has 4 nitrogen and oxygen atoms in total. The molecular weight excluding hydrogens is 403 g/mol. The number of nitrogens with zero attached hydrogens (tertiary/aromatic N) is 2. The van der Waals surface area contributed by atoms with E-state index in [4.69, 9.17) is 15.5 Å². The van der Waals surface area contributed by atoms with Gasteiger partial charge in [0.1, 0.15) is 5.60 Å². The minimum absolute atomic E-state index is 0.334. The van der Waals surface area contributed by atoms with Crippen molar-refractivity contribution in [1.82, 2.24) is 4.90 Å². The first-order valence-electron chi connectivity index (χ1n) is 10.9. The molecule has 31 heavy (non-hydrogen) atoms. The molecule has 0 unspecified atom stereocenters. The molecule has 0 radical (unpaired) electrons. The van der Waals surface area contributed by atoms with Crippen LogP contribution >= 0.6 is 0 Å². The molecule has 0 aromatic heterocycles. The molecule has 3 aliphatic rings. The van der Waals surface area contributed by atoms with Gasteiger partial charge in [-0.25, -0.2) is 18.2 Å². The Hall–Kier alpha value is -2.54. The lowest BCUT2D eigenvalue weighted by Crippen LogP contribution is -2.50. The zero-order valence-corrected chi connectivity index (χ0v) is 17.3. The number of rotatable bonds is 3. The molecule has 5 rings (SSSR count). The van der Waals surface area contributed by atoms with Gasteiger partial charge in [0.15, 0.2) is 17.5 Å². The summed E-state index contributed by atoms with van der Waals surface area (Å²) < 4.78 is 48.4. The van der Waals surface area contributed by atoms with E-state index in [2.05, 4.69) is 0 Å². The lowest BCUT2D eigenvalue weighted by atomic mass is 9.86. The van der Waals surface area contributed by atoms with Gasteiger partial charge in [0.05, 0.1) is 12.6 Å². The summed E-state index contributed by atoms with van der Waals surface area (Å²) >= 11 is 0. The summed E-state index contributed by atoms with van der Waals surface area (Å²) in [6.07, 6.45) is 5.22. The average molecular weight is 429 g/mol. The number of halogens is 3. The zero-order valence-electron chi connectivity index (χ0n) is 17.3. The van der Waals surface area contributed by atoms with Gasteiger partial charge in [-0.3, -0.25) is 0 Å². The van der Waals surface area contributed by atoms with E-state index in [-0.39, 0.29) is 0 Å². The Bertz CT molecular complexity index is 998. The first-order valence-corrected chi connectivity index (χ1v) is 10.9. The normalized spacial score (nSPS) is 26.0. The maximum atomic E-state index is 14.1. The van der Waals surface area contributed by atoms with Crippen LogP contribution in [0.1, 0.15) is 48.4 Å². The second kappa shape index (κ2) is 7.86. The van der Waals surface area contributed by atoms with Gasteiger partial charge in [0.25, 0.3) is 6.02 Å². The molecule has 2 aromatic carbocycles. The fourth-order valence-corrected chi connectivity index (χ4v) is 5.40. The summed E-state index contributed by atoms with van der Waals surface area (Å²) in [4.78, 5) is 6.66. The van der Waals surface area contributed by atoms with E-state index in [0.717, 1.165) is 42.5 Å². The Morgan fingerprint density at radius 3 is 2.52 bits per heavy atom. The summed E-state index contributed by atoms with van der Waals surface area (Å²) in [5.74, 6) is -3.50. The molecule has 2 heterocycles. The van der Waals surface area contributed by atoms with E-state index < -0.39 is 29.1 Å². The molecule has 1 fully saturated rings. The van der Waals surface area contributed by atoms with Crippen molar-refractivity contribution in [2.45, 2.75) is 43.7 Å². The topological polar surface area (TPSA) is 50.8 Å². The number of aliphatic imine (C=N–C) groups is 1. The summed E-state index contributed by atoms with van der Waals surface area (Å²) in [6.45, 7) is 1.44. The van der Waals surface area contributed by atoms with E-state index in [9.17, 15) is 13.2 Å². The van der Waals surface area contributed by atoms with Gasteiger partial charge >= 0.3 is 0 Å². The van der Waals surface area contributed by atoms with E-state index in [0.29, 0.717) is 37.1 Å². The summed E-state index contributed by atoms with van der Waals surface area (Å²) in [6, 6.07) is 9.87. The molecular formula is C24H26F3N3O. The molecule has 2 N–H and O–H groups in total. The predicted octanol–water partition coefficient (Wildman–Crippen LogP) is 4.33. The summed E-state index contributed by atoms with van der Waals surface area (Å²) in [5, 5.41) is 0. The minimum Gasteiger partial charge on any atom is -0.455 e. The number of ether oxygens (including phenoxy) is 1. The van der Waals surface area contributed by atoms with Crippen LogP contribution in [0.15, 0.2) is 41.4 Å². The van der Waals surface area contributed by atoms with Crippen LogP contribution in [0.4, 0.5) is 13.2 Å². The number of benzene rings is 2. The van der Waals surface area contributed by atoms with Crippen LogP contribution in [0, 0.1) is 23.4 Å². The van der Waals surface area contributed by atoms with E-state index in [1.807, 2.05) is 29.2 Å². The van der Waals surface area contributed by atoms with Crippen LogP contribution in [-0.2, 0) is 11.2 Å². The average Bonchev–Trinajstić information content (AvgIpc) is 3.47. The van der Waals surface area contributed by atoms with E-state index >= 15 is 0 Å². The SMILES string of the molecule is NC[C@]1(C2CCCC2)CN=C(N2CCc3ccccc3[C@@H]2c2cc(F)c(F)c(F)c2)O1. The lowest BCUT2D eigenvalue weighted by molar-refractivity contribution is 0.0172. The maximum Gasteiger partial charge on any atom is 0.288 e. The number of fused-ring (bicyclic) bond motifs is 1. The third-order valence-electron chi connectivity index (χ3n) is 7.07. The minimum atomic E-state index is -1.46. The van der Waals surface area contributed by atoms with Gasteiger partial charge in [0, 0.05) is 19.0 Å². The van der Waals surface area contributed by atoms with Gasteiger partial charge < -0.3 is 15.4 Å². The first-order chi connectivity index (χ1) is 15.0. The van der Waals surface area contributed by atoms with Crippen molar-refractivity contribution in [2.24, 2.45) is 16.6 Å². The fourth-order valence-electron chi connectivity index (χ4n) is 5.40. The Kier molecular flexibility index (Phi) is 5.16. The highest BCUT2D eigenvalue weighted by atomic mass is 19.2. The molecule has 2 atom stereocenters. The smallest absolute Gasteiger partial charge is 0.288 e. The van der Waals surface area contributed by atoms with Crippen molar-refractivity contribution in [2.75, 3.05) is 19.6 Å². The van der Waals surface area contributed by atoms with Crippen molar-refractivity contribution in [1.29, 1.82) is 0 Å².